The SMILES string of the molecule is CC[C@@H](N)c1ccc(Oc2ncn(C)n2)cn1. The number of rotatable bonds is 4. The summed E-state index contributed by atoms with van der Waals surface area (Å²) < 4.78 is 6.99. The number of nitrogens with zero attached hydrogens (tertiary/aromatic N) is 4. The van der Waals surface area contributed by atoms with E-state index in [2.05, 4.69) is 15.1 Å². The number of aryl methyl sites for hydroxylation is 1. The molecule has 0 saturated heterocycles. The fourth-order valence-corrected chi connectivity index (χ4v) is 1.35. The average Bonchev–Trinajstić information content (AvgIpc) is 2.75. The maximum Gasteiger partial charge on any atom is 0.341 e. The third-order valence-electron chi connectivity index (χ3n) is 2.37. The Morgan fingerprint density at radius 2 is 2.24 bits per heavy atom. The molecule has 0 aliphatic carbocycles. The van der Waals surface area contributed by atoms with Crippen molar-refractivity contribution in [2.45, 2.75) is 19.4 Å². The van der Waals surface area contributed by atoms with Crippen LogP contribution in [0, 0.1) is 0 Å². The molecule has 0 radical (unpaired) electrons. The molecule has 0 saturated carbocycles. The summed E-state index contributed by atoms with van der Waals surface area (Å²) in [4.78, 5) is 8.20. The minimum absolute atomic E-state index is 0.0305. The first-order valence-corrected chi connectivity index (χ1v) is 5.44. The maximum atomic E-state index is 5.87. The van der Waals surface area contributed by atoms with E-state index < -0.39 is 0 Å². The second-order valence-corrected chi connectivity index (χ2v) is 3.74. The van der Waals surface area contributed by atoms with Crippen molar-refractivity contribution in [3.63, 3.8) is 0 Å². The molecule has 1 atom stereocenters. The Hall–Kier alpha value is -1.95. The maximum absolute atomic E-state index is 5.87. The van der Waals surface area contributed by atoms with Crippen LogP contribution in [0.15, 0.2) is 24.7 Å². The number of nitrogens with two attached hydrogens (primary N) is 1. The molecule has 2 heterocycles. The van der Waals surface area contributed by atoms with Crippen LogP contribution >= 0.6 is 0 Å². The number of hydrogen-bond donors (Lipinski definition) is 1. The van der Waals surface area contributed by atoms with E-state index in [-0.39, 0.29) is 6.04 Å². The Morgan fingerprint density at radius 3 is 2.76 bits per heavy atom. The van der Waals surface area contributed by atoms with Gasteiger partial charge in [-0.1, -0.05) is 6.92 Å². The molecule has 2 rings (SSSR count). The molecule has 0 aromatic carbocycles. The number of pyridine rings is 1. The molecule has 2 N–H and O–H groups in total. The molecule has 0 spiro atoms. The van der Waals surface area contributed by atoms with Crippen LogP contribution < -0.4 is 10.5 Å². The Labute approximate surface area is 99.4 Å². The number of aromatic nitrogens is 4. The van der Waals surface area contributed by atoms with E-state index in [0.717, 1.165) is 12.1 Å². The van der Waals surface area contributed by atoms with E-state index in [9.17, 15) is 0 Å². The van der Waals surface area contributed by atoms with Crippen LogP contribution in [-0.4, -0.2) is 19.7 Å². The summed E-state index contributed by atoms with van der Waals surface area (Å²) in [6, 6.07) is 3.94. The van der Waals surface area contributed by atoms with Gasteiger partial charge < -0.3 is 10.5 Å². The Balaban J connectivity index is 2.08. The molecule has 0 amide bonds. The van der Waals surface area contributed by atoms with Gasteiger partial charge in [-0.05, 0) is 18.6 Å². The van der Waals surface area contributed by atoms with Gasteiger partial charge in [-0.15, -0.1) is 5.10 Å². The summed E-state index contributed by atoms with van der Waals surface area (Å²) in [5, 5.41) is 4.01. The van der Waals surface area contributed by atoms with Gasteiger partial charge in [-0.3, -0.25) is 9.67 Å². The second kappa shape index (κ2) is 4.92. The predicted octanol–water partition coefficient (Wildman–Crippen LogP) is 1.41. The third-order valence-corrected chi connectivity index (χ3v) is 2.37. The lowest BCUT2D eigenvalue weighted by molar-refractivity contribution is 0.436. The Morgan fingerprint density at radius 1 is 1.41 bits per heavy atom. The van der Waals surface area contributed by atoms with Crippen molar-refractivity contribution in [2.24, 2.45) is 12.8 Å². The average molecular weight is 233 g/mol. The van der Waals surface area contributed by atoms with E-state index in [1.54, 1.807) is 24.3 Å². The zero-order valence-corrected chi connectivity index (χ0v) is 9.87. The molecule has 0 bridgehead atoms. The molecule has 0 unspecified atom stereocenters. The van der Waals surface area contributed by atoms with Gasteiger partial charge in [0.15, 0.2) is 0 Å². The summed E-state index contributed by atoms with van der Waals surface area (Å²) in [6.45, 7) is 2.02. The molecule has 90 valence electrons. The largest absolute Gasteiger partial charge is 0.422 e. The molecule has 0 aliphatic rings. The van der Waals surface area contributed by atoms with Crippen molar-refractivity contribution in [1.29, 1.82) is 0 Å². The summed E-state index contributed by atoms with van der Waals surface area (Å²) in [5.41, 5.74) is 6.72. The van der Waals surface area contributed by atoms with Crippen molar-refractivity contribution in [2.75, 3.05) is 0 Å². The third kappa shape index (κ3) is 2.79. The molecule has 0 aliphatic heterocycles. The second-order valence-electron chi connectivity index (χ2n) is 3.74. The van der Waals surface area contributed by atoms with Gasteiger partial charge in [0.2, 0.25) is 0 Å². The van der Waals surface area contributed by atoms with Gasteiger partial charge in [-0.25, -0.2) is 0 Å². The predicted molar refractivity (Wildman–Crippen MR) is 62.5 cm³/mol. The standard InChI is InChI=1S/C11H15N5O/c1-3-9(12)10-5-4-8(6-13-10)17-11-14-7-16(2)15-11/h4-7,9H,3,12H2,1-2H3/t9-/m1/s1. The molecule has 17 heavy (non-hydrogen) atoms. The van der Waals surface area contributed by atoms with Crippen LogP contribution in [0.4, 0.5) is 0 Å². The molecule has 6 nitrogen and oxygen atoms in total. The van der Waals surface area contributed by atoms with Crippen LogP contribution in [0.2, 0.25) is 0 Å². The lowest BCUT2D eigenvalue weighted by Gasteiger charge is -2.08. The normalized spacial score (nSPS) is 12.4. The van der Waals surface area contributed by atoms with E-state index in [0.29, 0.717) is 11.8 Å². The Kier molecular flexibility index (Phi) is 3.34. The first kappa shape index (κ1) is 11.5. The van der Waals surface area contributed by atoms with Crippen LogP contribution in [0.1, 0.15) is 25.1 Å². The first-order valence-electron chi connectivity index (χ1n) is 5.44. The van der Waals surface area contributed by atoms with Crippen LogP contribution in [0.3, 0.4) is 0 Å². The van der Waals surface area contributed by atoms with Crippen molar-refractivity contribution >= 4 is 0 Å². The summed E-state index contributed by atoms with van der Waals surface area (Å²) in [5.74, 6) is 0.600. The summed E-state index contributed by atoms with van der Waals surface area (Å²) in [7, 11) is 1.78. The van der Waals surface area contributed by atoms with E-state index in [1.807, 2.05) is 19.1 Å². The minimum atomic E-state index is -0.0305. The monoisotopic (exact) mass is 233 g/mol. The molecular formula is C11H15N5O. The van der Waals surface area contributed by atoms with Gasteiger partial charge >= 0.3 is 6.01 Å². The van der Waals surface area contributed by atoms with Gasteiger partial charge in [0, 0.05) is 13.1 Å². The highest BCUT2D eigenvalue weighted by atomic mass is 16.5. The fourth-order valence-electron chi connectivity index (χ4n) is 1.35. The first-order chi connectivity index (χ1) is 8.19. The highest BCUT2D eigenvalue weighted by Crippen LogP contribution is 2.18. The molecular weight excluding hydrogens is 218 g/mol. The molecule has 2 aromatic heterocycles. The molecule has 0 fully saturated rings. The van der Waals surface area contributed by atoms with Crippen LogP contribution in [0.5, 0.6) is 11.8 Å². The highest BCUT2D eigenvalue weighted by molar-refractivity contribution is 5.23. The molecule has 6 heteroatoms. The Bertz CT molecular complexity index is 479. The number of ether oxygens (including phenoxy) is 1. The van der Waals surface area contributed by atoms with E-state index in [1.165, 1.54) is 0 Å². The fraction of sp³-hybridized carbons (Fsp3) is 0.364. The lowest BCUT2D eigenvalue weighted by Crippen LogP contribution is -2.10. The topological polar surface area (TPSA) is 78.9 Å². The highest BCUT2D eigenvalue weighted by Gasteiger charge is 2.06. The van der Waals surface area contributed by atoms with E-state index in [4.69, 9.17) is 10.5 Å². The van der Waals surface area contributed by atoms with Gasteiger partial charge in [0.1, 0.15) is 12.1 Å². The van der Waals surface area contributed by atoms with Gasteiger partial charge in [-0.2, -0.15) is 4.98 Å². The number of hydrogen-bond acceptors (Lipinski definition) is 5. The van der Waals surface area contributed by atoms with E-state index >= 15 is 0 Å². The summed E-state index contributed by atoms with van der Waals surface area (Å²) in [6.07, 6.45) is 4.06. The van der Waals surface area contributed by atoms with Crippen LogP contribution in [-0.2, 0) is 7.05 Å². The van der Waals surface area contributed by atoms with Crippen molar-refractivity contribution < 1.29 is 4.74 Å². The molecule has 2 aromatic rings. The smallest absolute Gasteiger partial charge is 0.341 e. The van der Waals surface area contributed by atoms with Crippen molar-refractivity contribution in [3.8, 4) is 11.8 Å². The zero-order chi connectivity index (χ0) is 12.3. The van der Waals surface area contributed by atoms with Crippen molar-refractivity contribution in [3.05, 3.63) is 30.4 Å². The van der Waals surface area contributed by atoms with Crippen LogP contribution in [0.25, 0.3) is 0 Å². The lowest BCUT2D eigenvalue weighted by atomic mass is 10.1. The van der Waals surface area contributed by atoms with Gasteiger partial charge in [0.05, 0.1) is 11.9 Å². The van der Waals surface area contributed by atoms with Gasteiger partial charge in [0.25, 0.3) is 0 Å². The van der Waals surface area contributed by atoms with Crippen molar-refractivity contribution in [1.82, 2.24) is 19.7 Å². The summed E-state index contributed by atoms with van der Waals surface area (Å²) >= 11 is 0. The zero-order valence-electron chi connectivity index (χ0n) is 9.87. The quantitative estimate of drug-likeness (QED) is 0.863. The minimum Gasteiger partial charge on any atom is -0.422 e.